The van der Waals surface area contributed by atoms with E-state index in [2.05, 4.69) is 30.3 Å². The molecule has 1 aliphatic heterocycles. The summed E-state index contributed by atoms with van der Waals surface area (Å²) < 4.78 is 0. The Morgan fingerprint density at radius 1 is 1.30 bits per heavy atom. The summed E-state index contributed by atoms with van der Waals surface area (Å²) in [7, 11) is 0. The van der Waals surface area contributed by atoms with Crippen LogP contribution >= 0.6 is 11.8 Å². The molecule has 1 saturated carbocycles. The lowest BCUT2D eigenvalue weighted by molar-refractivity contribution is -0.131. The molecule has 1 amide bonds. The SMILES string of the molecule is CSCCCCCCN1C(=O)C2(CC2)NC1CC(C)C. The molecular weight excluding hydrogens is 268 g/mol. The number of carbonyl (C=O) groups excluding carboxylic acids is 1. The van der Waals surface area contributed by atoms with Gasteiger partial charge in [0.25, 0.3) is 0 Å². The smallest absolute Gasteiger partial charge is 0.244 e. The summed E-state index contributed by atoms with van der Waals surface area (Å²) in [5, 5.41) is 3.61. The number of hydrogen-bond donors (Lipinski definition) is 1. The van der Waals surface area contributed by atoms with Gasteiger partial charge in [0.15, 0.2) is 0 Å². The van der Waals surface area contributed by atoms with E-state index in [9.17, 15) is 4.79 Å². The maximum atomic E-state index is 12.5. The van der Waals surface area contributed by atoms with Crippen LogP contribution in [0.5, 0.6) is 0 Å². The quantitative estimate of drug-likeness (QED) is 0.663. The molecule has 1 aliphatic carbocycles. The van der Waals surface area contributed by atoms with Gasteiger partial charge in [0.05, 0.1) is 11.7 Å². The van der Waals surface area contributed by atoms with Crippen molar-refractivity contribution in [2.45, 2.75) is 70.5 Å². The number of rotatable bonds is 9. The van der Waals surface area contributed by atoms with E-state index in [4.69, 9.17) is 0 Å². The van der Waals surface area contributed by atoms with Gasteiger partial charge in [-0.1, -0.05) is 26.7 Å². The topological polar surface area (TPSA) is 32.3 Å². The average Bonchev–Trinajstić information content (AvgIpc) is 3.12. The minimum atomic E-state index is -0.140. The second-order valence-corrected chi connectivity index (χ2v) is 7.76. The zero-order valence-electron chi connectivity index (χ0n) is 13.3. The molecule has 1 spiro atoms. The number of amides is 1. The Labute approximate surface area is 128 Å². The highest BCUT2D eigenvalue weighted by atomic mass is 32.2. The summed E-state index contributed by atoms with van der Waals surface area (Å²) in [6.45, 7) is 5.43. The van der Waals surface area contributed by atoms with E-state index in [0.29, 0.717) is 11.8 Å². The molecule has 3 nitrogen and oxygen atoms in total. The van der Waals surface area contributed by atoms with Gasteiger partial charge in [-0.05, 0) is 50.0 Å². The van der Waals surface area contributed by atoms with Crippen molar-refractivity contribution in [2.24, 2.45) is 5.92 Å². The fourth-order valence-corrected chi connectivity index (χ4v) is 3.62. The summed E-state index contributed by atoms with van der Waals surface area (Å²) in [5.41, 5.74) is -0.140. The molecule has 1 N–H and O–H groups in total. The first-order chi connectivity index (χ1) is 9.59. The van der Waals surface area contributed by atoms with Crippen LogP contribution in [0, 0.1) is 5.92 Å². The van der Waals surface area contributed by atoms with Gasteiger partial charge < -0.3 is 4.90 Å². The minimum absolute atomic E-state index is 0.140. The molecule has 2 rings (SSSR count). The van der Waals surface area contributed by atoms with Crippen molar-refractivity contribution >= 4 is 17.7 Å². The first-order valence-corrected chi connectivity index (χ1v) is 9.56. The van der Waals surface area contributed by atoms with E-state index in [1.165, 1.54) is 25.0 Å². The van der Waals surface area contributed by atoms with E-state index in [1.54, 1.807) is 0 Å². The molecule has 4 heteroatoms. The summed E-state index contributed by atoms with van der Waals surface area (Å²) in [6, 6.07) is 0. The fourth-order valence-electron chi connectivity index (χ4n) is 3.13. The van der Waals surface area contributed by atoms with Crippen LogP contribution < -0.4 is 5.32 Å². The van der Waals surface area contributed by atoms with Crippen LogP contribution in [0.1, 0.15) is 58.8 Å². The Morgan fingerprint density at radius 2 is 2.00 bits per heavy atom. The van der Waals surface area contributed by atoms with Crippen molar-refractivity contribution in [3.05, 3.63) is 0 Å². The molecule has 1 saturated heterocycles. The number of carbonyl (C=O) groups is 1. The number of thioether (sulfide) groups is 1. The van der Waals surface area contributed by atoms with E-state index in [0.717, 1.165) is 32.2 Å². The lowest BCUT2D eigenvalue weighted by atomic mass is 10.1. The number of hydrogen-bond acceptors (Lipinski definition) is 3. The molecule has 0 aromatic heterocycles. The maximum absolute atomic E-state index is 12.5. The molecule has 0 bridgehead atoms. The molecule has 1 atom stereocenters. The molecule has 1 unspecified atom stereocenters. The van der Waals surface area contributed by atoms with Crippen LogP contribution in [-0.4, -0.2) is 41.1 Å². The van der Waals surface area contributed by atoms with Gasteiger partial charge in [0.2, 0.25) is 5.91 Å². The standard InChI is InChI=1S/C16H30N2OS/c1-13(2)12-14-17-16(8-9-16)15(19)18(14)10-6-4-5-7-11-20-3/h13-14,17H,4-12H2,1-3H3. The van der Waals surface area contributed by atoms with Gasteiger partial charge >= 0.3 is 0 Å². The van der Waals surface area contributed by atoms with E-state index < -0.39 is 0 Å². The van der Waals surface area contributed by atoms with Crippen LogP contribution in [-0.2, 0) is 4.79 Å². The van der Waals surface area contributed by atoms with Crippen LogP contribution in [0.15, 0.2) is 0 Å². The molecule has 0 radical (unpaired) electrons. The third-order valence-corrected chi connectivity index (χ3v) is 5.13. The van der Waals surface area contributed by atoms with Crippen LogP contribution in [0.25, 0.3) is 0 Å². The summed E-state index contributed by atoms with van der Waals surface area (Å²) in [4.78, 5) is 14.6. The number of unbranched alkanes of at least 4 members (excludes halogenated alkanes) is 3. The fraction of sp³-hybridized carbons (Fsp3) is 0.938. The normalized spacial score (nSPS) is 24.1. The molecule has 2 aliphatic rings. The average molecular weight is 298 g/mol. The minimum Gasteiger partial charge on any atom is -0.326 e. The maximum Gasteiger partial charge on any atom is 0.244 e. The van der Waals surface area contributed by atoms with Crippen LogP contribution in [0.3, 0.4) is 0 Å². The Kier molecular flexibility index (Phi) is 5.79. The van der Waals surface area contributed by atoms with E-state index >= 15 is 0 Å². The summed E-state index contributed by atoms with van der Waals surface area (Å²) >= 11 is 1.93. The Bertz CT molecular complexity index is 328. The highest BCUT2D eigenvalue weighted by Crippen LogP contribution is 2.43. The first-order valence-electron chi connectivity index (χ1n) is 8.17. The Hall–Kier alpha value is -0.220. The largest absolute Gasteiger partial charge is 0.326 e. The van der Waals surface area contributed by atoms with Crippen molar-refractivity contribution in [3.63, 3.8) is 0 Å². The second-order valence-electron chi connectivity index (χ2n) is 6.78. The highest BCUT2D eigenvalue weighted by molar-refractivity contribution is 7.98. The first kappa shape index (κ1) is 16.2. The van der Waals surface area contributed by atoms with E-state index in [-0.39, 0.29) is 11.7 Å². The van der Waals surface area contributed by atoms with Gasteiger partial charge in [0, 0.05) is 6.54 Å². The number of nitrogens with zero attached hydrogens (tertiary/aromatic N) is 1. The van der Waals surface area contributed by atoms with Crippen molar-refractivity contribution in [3.8, 4) is 0 Å². The predicted molar refractivity (Wildman–Crippen MR) is 86.9 cm³/mol. The molecule has 116 valence electrons. The lowest BCUT2D eigenvalue weighted by Gasteiger charge is -2.25. The van der Waals surface area contributed by atoms with Gasteiger partial charge in [0.1, 0.15) is 0 Å². The zero-order valence-corrected chi connectivity index (χ0v) is 14.1. The summed E-state index contributed by atoms with van der Waals surface area (Å²) in [5.74, 6) is 2.29. The van der Waals surface area contributed by atoms with Crippen molar-refractivity contribution in [1.82, 2.24) is 10.2 Å². The molecule has 0 aromatic rings. The molecular formula is C16H30N2OS. The third-order valence-electron chi connectivity index (χ3n) is 4.43. The summed E-state index contributed by atoms with van der Waals surface area (Å²) in [6.07, 6.45) is 10.7. The van der Waals surface area contributed by atoms with E-state index in [1.807, 2.05) is 11.8 Å². The van der Waals surface area contributed by atoms with Crippen molar-refractivity contribution in [1.29, 1.82) is 0 Å². The van der Waals surface area contributed by atoms with Gasteiger partial charge in [-0.3, -0.25) is 10.1 Å². The monoisotopic (exact) mass is 298 g/mol. The van der Waals surface area contributed by atoms with Gasteiger partial charge in [-0.25, -0.2) is 0 Å². The Morgan fingerprint density at radius 3 is 2.60 bits per heavy atom. The number of nitrogens with one attached hydrogen (secondary N) is 1. The van der Waals surface area contributed by atoms with Gasteiger partial charge in [-0.15, -0.1) is 0 Å². The second kappa shape index (κ2) is 7.17. The molecule has 20 heavy (non-hydrogen) atoms. The molecule has 2 fully saturated rings. The van der Waals surface area contributed by atoms with Crippen molar-refractivity contribution in [2.75, 3.05) is 18.6 Å². The van der Waals surface area contributed by atoms with Crippen LogP contribution in [0.2, 0.25) is 0 Å². The highest BCUT2D eigenvalue weighted by Gasteiger charge is 2.58. The molecule has 0 aromatic carbocycles. The zero-order chi connectivity index (χ0) is 14.6. The van der Waals surface area contributed by atoms with Crippen LogP contribution in [0.4, 0.5) is 0 Å². The van der Waals surface area contributed by atoms with Crippen molar-refractivity contribution < 1.29 is 4.79 Å². The predicted octanol–water partition coefficient (Wildman–Crippen LogP) is 3.25. The third kappa shape index (κ3) is 3.91. The van der Waals surface area contributed by atoms with Gasteiger partial charge in [-0.2, -0.15) is 11.8 Å². The Balaban J connectivity index is 1.76. The lowest BCUT2D eigenvalue weighted by Crippen LogP contribution is -2.39. The molecule has 1 heterocycles.